The summed E-state index contributed by atoms with van der Waals surface area (Å²) in [7, 11) is 3.42. The maximum Gasteiger partial charge on any atom is 0.312 e. The number of aliphatic hydroxyl groups is 2. The number of rotatable bonds is 4. The van der Waals surface area contributed by atoms with Gasteiger partial charge in [0.1, 0.15) is 23.4 Å². The lowest BCUT2D eigenvalue weighted by atomic mass is 9.78. The SMILES string of the molecule is CO[C@@H]1/C=C\O[C@]2(C)Oc3c(C)c(O)c4c(O)c(c(/C=N/N5CCN(C)CC5)c(O)c4c3C2=O)NC(=O)/C(C)=C\C=C[C@@H](C)[C@@H](O)[C@H](C)[C@H](O)[C@H](C)[C@@H](OC(C)=O)[C@H]1C. The summed E-state index contributed by atoms with van der Waals surface area (Å²) in [6.45, 7) is 15.1. The van der Waals surface area contributed by atoms with Crippen LogP contribution in [0.2, 0.25) is 0 Å². The van der Waals surface area contributed by atoms with Crippen LogP contribution in [0.25, 0.3) is 10.8 Å². The minimum absolute atomic E-state index is 0.0559. The normalized spacial score (nSPS) is 31.5. The lowest BCUT2D eigenvalue weighted by molar-refractivity contribution is -0.160. The molecule has 1 fully saturated rings. The number of ether oxygens (including phenoxy) is 4. The molecular weight excluding hydrogens is 764 g/mol. The summed E-state index contributed by atoms with van der Waals surface area (Å²) in [5, 5.41) is 66.8. The van der Waals surface area contributed by atoms with E-state index >= 15 is 0 Å². The highest BCUT2D eigenvalue weighted by Crippen LogP contribution is 2.55. The standard InChI is InChI=1S/C43H58N4O12/c1-21-12-11-13-22(2)42(55)45-33-28(20-44-47-17-15-46(9)16-18-47)37(52)30-31(38(33)53)36(51)26(6)40-32(30)41(54)43(8,59-40)57-19-14-29(56-10)23(3)39(58-27(7)48)25(5)35(50)24(4)34(21)49/h11-14,19-21,23-25,29,34-35,39,49-53H,15-18H2,1-10H3,(H,45,55)/b12-11?,19-14-,22-13-,44-20+/t21-,23+,24+,25+,29-,34-,35+,39+,43-/m1/s1. The first-order valence-corrected chi connectivity index (χ1v) is 19.8. The Bertz CT molecular complexity index is 2070. The van der Waals surface area contributed by atoms with Crippen molar-refractivity contribution in [2.24, 2.45) is 28.8 Å². The Balaban J connectivity index is 1.70. The number of benzene rings is 2. The number of hydrazone groups is 1. The zero-order valence-electron chi connectivity index (χ0n) is 35.3. The zero-order valence-corrected chi connectivity index (χ0v) is 35.3. The molecule has 4 heterocycles. The minimum atomic E-state index is -2.04. The number of nitrogens with one attached hydrogen (secondary N) is 1. The van der Waals surface area contributed by atoms with E-state index in [1.165, 1.54) is 59.4 Å². The van der Waals surface area contributed by atoms with Crippen LogP contribution < -0.4 is 10.1 Å². The fourth-order valence-corrected chi connectivity index (χ4v) is 7.92. The molecule has 4 aliphatic heterocycles. The summed E-state index contributed by atoms with van der Waals surface area (Å²) in [4.78, 5) is 42.6. The predicted molar refractivity (Wildman–Crippen MR) is 220 cm³/mol. The van der Waals surface area contributed by atoms with Gasteiger partial charge in [0.05, 0.1) is 53.0 Å². The van der Waals surface area contributed by atoms with Gasteiger partial charge in [0.25, 0.3) is 11.7 Å². The molecule has 5 bridgehead atoms. The number of hydrogen-bond acceptors (Lipinski definition) is 15. The number of anilines is 1. The number of hydrogen-bond donors (Lipinski definition) is 6. The quantitative estimate of drug-likeness (QED) is 0.109. The van der Waals surface area contributed by atoms with Gasteiger partial charge >= 0.3 is 11.8 Å². The van der Waals surface area contributed by atoms with Gasteiger partial charge in [-0.25, -0.2) is 0 Å². The molecule has 2 aromatic rings. The van der Waals surface area contributed by atoms with Crippen molar-refractivity contribution in [1.82, 2.24) is 9.91 Å². The number of aromatic hydroxyl groups is 3. The van der Waals surface area contributed by atoms with Crippen LogP contribution in [0, 0.1) is 30.6 Å². The third-order valence-electron chi connectivity index (χ3n) is 11.9. The Morgan fingerprint density at radius 3 is 2.24 bits per heavy atom. The number of piperazine rings is 1. The molecule has 0 aliphatic carbocycles. The topological polar surface area (TPSA) is 220 Å². The summed E-state index contributed by atoms with van der Waals surface area (Å²) in [5.74, 6) is -8.34. The van der Waals surface area contributed by atoms with E-state index in [2.05, 4.69) is 15.3 Å². The van der Waals surface area contributed by atoms with Crippen LogP contribution in [0.5, 0.6) is 23.0 Å². The van der Waals surface area contributed by atoms with Crippen LogP contribution in [0.4, 0.5) is 5.69 Å². The van der Waals surface area contributed by atoms with Gasteiger partial charge < -0.3 is 54.7 Å². The molecule has 0 unspecified atom stereocenters. The van der Waals surface area contributed by atoms with Gasteiger partial charge in [-0.2, -0.15) is 5.10 Å². The van der Waals surface area contributed by atoms with Crippen LogP contribution in [0.1, 0.15) is 70.0 Å². The van der Waals surface area contributed by atoms with E-state index in [9.17, 15) is 39.9 Å². The van der Waals surface area contributed by atoms with Gasteiger partial charge in [-0.05, 0) is 27.0 Å². The van der Waals surface area contributed by atoms with Crippen LogP contribution in [-0.4, -0.2) is 130 Å². The number of aliphatic hydroxyl groups excluding tert-OH is 2. The Labute approximate surface area is 344 Å². The second kappa shape index (κ2) is 18.0. The van der Waals surface area contributed by atoms with E-state index in [0.29, 0.717) is 13.1 Å². The Morgan fingerprint density at radius 1 is 0.949 bits per heavy atom. The third kappa shape index (κ3) is 8.91. The summed E-state index contributed by atoms with van der Waals surface area (Å²) < 4.78 is 23.6. The van der Waals surface area contributed by atoms with Crippen molar-refractivity contribution in [1.29, 1.82) is 0 Å². The molecule has 1 saturated heterocycles. The number of fused-ring (bicyclic) bond motifs is 14. The van der Waals surface area contributed by atoms with Gasteiger partial charge in [-0.1, -0.05) is 45.9 Å². The number of nitrogens with zero attached hydrogens (tertiary/aromatic N) is 3. The molecule has 0 radical (unpaired) electrons. The zero-order chi connectivity index (χ0) is 43.7. The molecule has 59 heavy (non-hydrogen) atoms. The van der Waals surface area contributed by atoms with Gasteiger partial charge in [0, 0.05) is 87.3 Å². The van der Waals surface area contributed by atoms with E-state index in [-0.39, 0.29) is 44.5 Å². The number of esters is 1. The first-order chi connectivity index (χ1) is 27.7. The lowest BCUT2D eigenvalue weighted by Crippen LogP contribution is -2.46. The van der Waals surface area contributed by atoms with Crippen LogP contribution in [0.3, 0.4) is 0 Å². The number of carbonyl (C=O) groups excluding carboxylic acids is 3. The van der Waals surface area contributed by atoms with Gasteiger partial charge in [0.15, 0.2) is 5.75 Å². The highest BCUT2D eigenvalue weighted by Gasteiger charge is 2.50. The number of amides is 1. The minimum Gasteiger partial charge on any atom is -0.507 e. The van der Waals surface area contributed by atoms with Crippen molar-refractivity contribution in [3.63, 3.8) is 0 Å². The predicted octanol–water partition coefficient (Wildman–Crippen LogP) is 4.34. The number of ketones is 1. The number of carbonyl (C=O) groups is 3. The first kappa shape index (κ1) is 44.9. The highest BCUT2D eigenvalue weighted by molar-refractivity contribution is 6.23. The molecule has 6 N–H and O–H groups in total. The van der Waals surface area contributed by atoms with E-state index in [1.54, 1.807) is 44.9 Å². The molecular formula is C43H58N4O12. The molecule has 4 aliphatic rings. The number of Topliss-reactive ketones (excluding diaryl/α,β-unsaturated/α-hetero) is 1. The summed E-state index contributed by atoms with van der Waals surface area (Å²) >= 11 is 0. The molecule has 16 heteroatoms. The second-order valence-electron chi connectivity index (χ2n) is 16.1. The fraction of sp³-hybridized carbons (Fsp3) is 0.535. The molecule has 2 aromatic carbocycles. The molecule has 0 aromatic heterocycles. The van der Waals surface area contributed by atoms with Crippen LogP contribution in [0.15, 0.2) is 41.2 Å². The van der Waals surface area contributed by atoms with E-state index in [4.69, 9.17) is 18.9 Å². The van der Waals surface area contributed by atoms with Crippen molar-refractivity contribution < 1.29 is 58.9 Å². The largest absolute Gasteiger partial charge is 0.507 e. The van der Waals surface area contributed by atoms with Crippen molar-refractivity contribution in [3.05, 3.63) is 52.8 Å². The summed E-state index contributed by atoms with van der Waals surface area (Å²) in [5.41, 5.74) is -0.350. The summed E-state index contributed by atoms with van der Waals surface area (Å²) in [6.07, 6.45) is 4.86. The molecule has 1 amide bonds. The van der Waals surface area contributed by atoms with Gasteiger partial charge in [-0.3, -0.25) is 19.4 Å². The second-order valence-corrected chi connectivity index (χ2v) is 16.1. The number of likely N-dealkylation sites (N-methyl/N-ethyl adjacent to an activating group) is 1. The number of methoxy groups -OCH3 is 1. The Kier molecular flexibility index (Phi) is 13.7. The number of phenolic OH excluding ortho intramolecular Hbond substituents is 3. The highest BCUT2D eigenvalue weighted by atomic mass is 16.7. The number of allylic oxidation sites excluding steroid dienone is 2. The van der Waals surface area contributed by atoms with Crippen molar-refractivity contribution in [2.45, 2.75) is 85.6 Å². The molecule has 0 saturated carbocycles. The maximum absolute atomic E-state index is 14.4. The van der Waals surface area contributed by atoms with Crippen LogP contribution in [-0.2, 0) is 23.8 Å². The fourth-order valence-electron chi connectivity index (χ4n) is 7.92. The Hall–Kier alpha value is -5.16. The molecule has 9 atom stereocenters. The monoisotopic (exact) mass is 822 g/mol. The maximum atomic E-state index is 14.4. The van der Waals surface area contributed by atoms with Crippen molar-refractivity contribution >= 4 is 40.3 Å². The number of phenols is 3. The molecule has 322 valence electrons. The van der Waals surface area contributed by atoms with Crippen molar-refractivity contribution in [3.8, 4) is 23.0 Å². The third-order valence-corrected chi connectivity index (χ3v) is 11.9. The Morgan fingerprint density at radius 2 is 1.61 bits per heavy atom. The molecule has 0 spiro atoms. The molecule has 16 nitrogen and oxygen atoms in total. The first-order valence-electron chi connectivity index (χ1n) is 19.8. The average Bonchev–Trinajstić information content (AvgIpc) is 3.46. The smallest absolute Gasteiger partial charge is 0.312 e. The van der Waals surface area contributed by atoms with Crippen LogP contribution >= 0.6 is 0 Å². The van der Waals surface area contributed by atoms with Gasteiger partial charge in [-0.15, -0.1) is 0 Å². The van der Waals surface area contributed by atoms with Gasteiger partial charge in [0.2, 0.25) is 0 Å². The summed E-state index contributed by atoms with van der Waals surface area (Å²) in [6, 6.07) is 0. The average molecular weight is 823 g/mol. The van der Waals surface area contributed by atoms with Crippen molar-refractivity contribution in [2.75, 3.05) is 45.7 Å². The van der Waals surface area contributed by atoms with E-state index < -0.39 is 88.8 Å². The van der Waals surface area contributed by atoms with E-state index in [0.717, 1.165) is 13.1 Å². The van der Waals surface area contributed by atoms with E-state index in [1.807, 2.05) is 7.05 Å². The lowest BCUT2D eigenvalue weighted by Gasteiger charge is -2.38. The molecule has 6 rings (SSSR count).